The smallest absolute Gasteiger partial charge is 0.341 e. The quantitative estimate of drug-likeness (QED) is 0.284. The Hall–Kier alpha value is -4.66. The predicted octanol–water partition coefficient (Wildman–Crippen LogP) is 2.59. The lowest BCUT2D eigenvalue weighted by molar-refractivity contribution is -0.161. The first-order valence-electron chi connectivity index (χ1n) is 15.5. The number of aromatic carboxylic acids is 1. The summed E-state index contributed by atoms with van der Waals surface area (Å²) in [7, 11) is 0. The summed E-state index contributed by atoms with van der Waals surface area (Å²) in [5.41, 5.74) is -0.290. The SMILES string of the molecule is CCC(Oc1ccccc1)C(=O)N[C@@H]1C(=O)N2[C@@H]1SC(C)(C)[C@@H]2C(=O)O.CCn1cc(C(=O)O)c(=O)c2cnc(N3CCCC3)nc21. The fraction of sp³-hybridized carbons (Fsp3) is 0.469. The number of aromatic nitrogens is 3. The van der Waals surface area contributed by atoms with Crippen molar-refractivity contribution >= 4 is 52.5 Å². The van der Waals surface area contributed by atoms with E-state index >= 15 is 0 Å². The Kier molecular flexibility index (Phi) is 9.75. The van der Waals surface area contributed by atoms with Crippen molar-refractivity contribution in [1.82, 2.24) is 24.8 Å². The zero-order valence-electron chi connectivity index (χ0n) is 26.6. The Balaban J connectivity index is 0.000000189. The molecule has 1 unspecified atom stereocenters. The van der Waals surface area contributed by atoms with Crippen LogP contribution in [0, 0.1) is 0 Å². The average molecular weight is 667 g/mol. The molecule has 2 amide bonds. The van der Waals surface area contributed by atoms with Crippen LogP contribution in [-0.2, 0) is 20.9 Å². The second kappa shape index (κ2) is 13.6. The Labute approximate surface area is 275 Å². The minimum Gasteiger partial charge on any atom is -0.481 e. The Morgan fingerprint density at radius 1 is 1.11 bits per heavy atom. The molecular weight excluding hydrogens is 628 g/mol. The van der Waals surface area contributed by atoms with Gasteiger partial charge in [-0.15, -0.1) is 11.8 Å². The third-order valence-corrected chi connectivity index (χ3v) is 9.99. The van der Waals surface area contributed by atoms with Crippen molar-refractivity contribution in [1.29, 1.82) is 0 Å². The van der Waals surface area contributed by atoms with Crippen molar-refractivity contribution < 1.29 is 34.1 Å². The van der Waals surface area contributed by atoms with Gasteiger partial charge >= 0.3 is 11.9 Å². The number of β-lactam (4-membered cyclic amide) rings is 1. The van der Waals surface area contributed by atoms with Gasteiger partial charge in [-0.05, 0) is 52.2 Å². The molecule has 0 spiro atoms. The summed E-state index contributed by atoms with van der Waals surface area (Å²) in [5.74, 6) is -1.80. The van der Waals surface area contributed by atoms with Crippen molar-refractivity contribution in [3.63, 3.8) is 0 Å². The van der Waals surface area contributed by atoms with Crippen LogP contribution in [0.5, 0.6) is 5.75 Å². The lowest BCUT2D eigenvalue weighted by Gasteiger charge is -2.43. The molecule has 14 nitrogen and oxygen atoms in total. The molecule has 47 heavy (non-hydrogen) atoms. The summed E-state index contributed by atoms with van der Waals surface area (Å²) in [6, 6.07) is 7.41. The van der Waals surface area contributed by atoms with E-state index in [1.54, 1.807) is 30.5 Å². The Morgan fingerprint density at radius 3 is 2.38 bits per heavy atom. The molecule has 4 atom stereocenters. The van der Waals surface area contributed by atoms with Crippen LogP contribution in [-0.4, -0.2) is 94.8 Å². The predicted molar refractivity (Wildman–Crippen MR) is 175 cm³/mol. The molecule has 1 aromatic carbocycles. The molecule has 3 aromatic rings. The van der Waals surface area contributed by atoms with E-state index in [0.717, 1.165) is 25.9 Å². The number of thioether (sulfide) groups is 1. The maximum atomic E-state index is 12.6. The van der Waals surface area contributed by atoms with Gasteiger partial charge in [0, 0.05) is 36.8 Å². The summed E-state index contributed by atoms with van der Waals surface area (Å²) in [6.45, 7) is 9.67. The number of nitrogens with zero attached hydrogens (tertiary/aromatic N) is 5. The van der Waals surface area contributed by atoms with E-state index in [9.17, 15) is 29.1 Å². The number of para-hydroxylation sites is 1. The topological polar surface area (TPSA) is 184 Å². The first kappa shape index (κ1) is 33.7. The minimum absolute atomic E-state index is 0.248. The van der Waals surface area contributed by atoms with E-state index in [0.29, 0.717) is 30.3 Å². The van der Waals surface area contributed by atoms with Crippen LogP contribution >= 0.6 is 11.8 Å². The lowest BCUT2D eigenvalue weighted by atomic mass is 9.96. The molecule has 250 valence electrons. The number of fused-ring (bicyclic) bond motifs is 2. The molecule has 6 rings (SSSR count). The molecule has 0 bridgehead atoms. The highest BCUT2D eigenvalue weighted by Crippen LogP contribution is 2.50. The first-order valence-corrected chi connectivity index (χ1v) is 16.4. The highest BCUT2D eigenvalue weighted by Gasteiger charge is 2.64. The van der Waals surface area contributed by atoms with E-state index in [4.69, 9.17) is 9.84 Å². The van der Waals surface area contributed by atoms with Crippen molar-refractivity contribution in [3.8, 4) is 5.75 Å². The third kappa shape index (κ3) is 6.62. The van der Waals surface area contributed by atoms with Crippen LogP contribution in [0.25, 0.3) is 11.0 Å². The highest BCUT2D eigenvalue weighted by atomic mass is 32.2. The number of hydrogen-bond acceptors (Lipinski definition) is 10. The van der Waals surface area contributed by atoms with Gasteiger partial charge in [0.25, 0.3) is 5.91 Å². The fourth-order valence-corrected chi connectivity index (χ4v) is 7.63. The van der Waals surface area contributed by atoms with E-state index in [-0.39, 0.29) is 28.1 Å². The first-order chi connectivity index (χ1) is 22.4. The van der Waals surface area contributed by atoms with Gasteiger partial charge in [0.2, 0.25) is 17.3 Å². The number of amides is 2. The van der Waals surface area contributed by atoms with E-state index in [1.165, 1.54) is 29.1 Å². The van der Waals surface area contributed by atoms with Crippen LogP contribution in [0.15, 0.2) is 47.5 Å². The number of hydrogen-bond donors (Lipinski definition) is 3. The number of rotatable bonds is 9. The number of carboxylic acid groups (broad SMARTS) is 2. The van der Waals surface area contributed by atoms with Gasteiger partial charge in [0.1, 0.15) is 34.4 Å². The van der Waals surface area contributed by atoms with Crippen LogP contribution in [0.4, 0.5) is 5.95 Å². The number of aryl methyl sites for hydroxylation is 1. The lowest BCUT2D eigenvalue weighted by Crippen LogP contribution is -2.71. The highest BCUT2D eigenvalue weighted by molar-refractivity contribution is 8.01. The molecule has 0 radical (unpaired) electrons. The molecule has 3 fully saturated rings. The largest absolute Gasteiger partial charge is 0.481 e. The number of aliphatic carboxylic acids is 1. The monoisotopic (exact) mass is 666 g/mol. The normalized spacial score (nSPS) is 21.7. The summed E-state index contributed by atoms with van der Waals surface area (Å²) in [4.78, 5) is 72.0. The van der Waals surface area contributed by atoms with Crippen molar-refractivity contribution in [2.45, 2.75) is 81.8 Å². The van der Waals surface area contributed by atoms with Gasteiger partial charge in [0.15, 0.2) is 6.10 Å². The number of ether oxygens (including phenoxy) is 1. The molecule has 3 saturated heterocycles. The maximum absolute atomic E-state index is 12.6. The van der Waals surface area contributed by atoms with Crippen LogP contribution in [0.2, 0.25) is 0 Å². The number of anilines is 1. The number of carbonyl (C=O) groups is 4. The van der Waals surface area contributed by atoms with Crippen molar-refractivity contribution in [2.24, 2.45) is 0 Å². The number of benzene rings is 1. The van der Waals surface area contributed by atoms with Crippen LogP contribution in [0.3, 0.4) is 0 Å². The van der Waals surface area contributed by atoms with E-state index in [2.05, 4.69) is 20.2 Å². The van der Waals surface area contributed by atoms with Gasteiger partial charge in [-0.2, -0.15) is 4.98 Å². The summed E-state index contributed by atoms with van der Waals surface area (Å²) in [5, 5.41) is 21.2. The standard InChI is InChI=1S/C18H22N2O5S.C14H16N4O3/c1-4-11(25-10-8-6-5-7-9-10)14(21)19-12-15(22)20-13(17(23)24)18(2,3)26-16(12)20;1-2-17-8-10(13(20)21)11(19)9-7-15-14(16-12(9)17)18-5-3-4-6-18/h5-9,11-13,16H,4H2,1-3H3,(H,19,21)(H,23,24);7-8H,2-6H2,1H3,(H,20,21)/t11?,12-,13+,16-;/m1./s1. The maximum Gasteiger partial charge on any atom is 0.341 e. The van der Waals surface area contributed by atoms with Gasteiger partial charge in [-0.25, -0.2) is 14.6 Å². The van der Waals surface area contributed by atoms with Gasteiger partial charge in [-0.3, -0.25) is 14.4 Å². The molecule has 15 heteroatoms. The van der Waals surface area contributed by atoms with E-state index in [1.807, 2.05) is 32.0 Å². The number of carboxylic acids is 2. The van der Waals surface area contributed by atoms with Gasteiger partial charge in [-0.1, -0.05) is 25.1 Å². The fourth-order valence-electron chi connectivity index (χ4n) is 6.00. The molecule has 3 aliphatic rings. The summed E-state index contributed by atoms with van der Waals surface area (Å²) in [6.07, 6.45) is 4.76. The average Bonchev–Trinajstić information content (AvgIpc) is 3.68. The van der Waals surface area contributed by atoms with E-state index < -0.39 is 40.3 Å². The van der Waals surface area contributed by atoms with Gasteiger partial charge in [0.05, 0.1) is 5.39 Å². The third-order valence-electron chi connectivity index (χ3n) is 8.42. The second-order valence-electron chi connectivity index (χ2n) is 12.0. The Morgan fingerprint density at radius 2 is 1.79 bits per heavy atom. The summed E-state index contributed by atoms with van der Waals surface area (Å²) >= 11 is 1.40. The van der Waals surface area contributed by atoms with Crippen LogP contribution in [0.1, 0.15) is 57.3 Å². The number of nitrogens with one attached hydrogen (secondary N) is 1. The molecule has 0 aliphatic carbocycles. The van der Waals surface area contributed by atoms with Crippen molar-refractivity contribution in [2.75, 3.05) is 18.0 Å². The molecule has 3 aliphatic heterocycles. The number of carbonyl (C=O) groups excluding carboxylic acids is 2. The molecule has 2 aromatic heterocycles. The van der Waals surface area contributed by atoms with Crippen LogP contribution < -0.4 is 20.4 Å². The van der Waals surface area contributed by atoms with Gasteiger partial charge < -0.3 is 34.6 Å². The molecule has 0 saturated carbocycles. The van der Waals surface area contributed by atoms with Crippen molar-refractivity contribution in [3.05, 3.63) is 58.5 Å². The number of pyridine rings is 1. The molecule has 5 heterocycles. The molecular formula is C32H38N6O8S. The minimum atomic E-state index is -1.23. The zero-order valence-corrected chi connectivity index (χ0v) is 27.4. The Bertz CT molecular complexity index is 1740. The molecule has 3 N–H and O–H groups in total. The second-order valence-corrected chi connectivity index (χ2v) is 13.7. The summed E-state index contributed by atoms with van der Waals surface area (Å²) < 4.78 is 6.77. The zero-order chi connectivity index (χ0) is 34.0.